The molecule has 2 aromatic rings. The molecule has 0 radical (unpaired) electrons. The quantitative estimate of drug-likeness (QED) is 0.801. The topological polar surface area (TPSA) is 39.2 Å². The van der Waals surface area contributed by atoms with Crippen LogP contribution in [-0.4, -0.2) is 11.3 Å². The van der Waals surface area contributed by atoms with E-state index in [0.717, 1.165) is 5.56 Å². The van der Waals surface area contributed by atoms with Crippen molar-refractivity contribution in [3.05, 3.63) is 57.8 Å². The van der Waals surface area contributed by atoms with Crippen LogP contribution in [0.25, 0.3) is 0 Å². The smallest absolute Gasteiger partial charge is 0.168 e. The number of carbonyl (C=O) groups is 1. The molecule has 0 aliphatic carbocycles. The molecular formula is C13H9Cl2NO2. The van der Waals surface area contributed by atoms with Crippen molar-refractivity contribution >= 4 is 29.5 Å². The molecule has 5 heteroatoms. The van der Waals surface area contributed by atoms with Crippen LogP contribution < -0.4 is 4.74 Å². The van der Waals surface area contributed by atoms with Gasteiger partial charge in [0.05, 0.1) is 16.2 Å². The van der Waals surface area contributed by atoms with Crippen LogP contribution in [0.3, 0.4) is 0 Å². The Hall–Kier alpha value is -1.58. The second-order valence-electron chi connectivity index (χ2n) is 3.54. The Morgan fingerprint density at radius 3 is 2.72 bits per heavy atom. The summed E-state index contributed by atoms with van der Waals surface area (Å²) in [5.74, 6) is 0.566. The maximum atomic E-state index is 10.4. The van der Waals surface area contributed by atoms with Crippen molar-refractivity contribution in [3.8, 4) is 5.75 Å². The highest BCUT2D eigenvalue weighted by Crippen LogP contribution is 2.26. The van der Waals surface area contributed by atoms with Crippen molar-refractivity contribution in [2.24, 2.45) is 0 Å². The number of carbonyl (C=O) groups excluding carboxylic acids is 1. The fraction of sp³-hybridized carbons (Fsp3) is 0.0769. The highest BCUT2D eigenvalue weighted by molar-refractivity contribution is 6.42. The summed E-state index contributed by atoms with van der Waals surface area (Å²) in [6, 6.07) is 8.62. The van der Waals surface area contributed by atoms with Crippen molar-refractivity contribution in [2.75, 3.05) is 0 Å². The summed E-state index contributed by atoms with van der Waals surface area (Å²) in [6.45, 7) is 0.293. The molecule has 0 aliphatic heterocycles. The van der Waals surface area contributed by atoms with Crippen LogP contribution in [0.4, 0.5) is 0 Å². The molecule has 0 N–H and O–H groups in total. The number of ether oxygens (including phenoxy) is 1. The number of pyridine rings is 1. The molecule has 1 aromatic carbocycles. The number of rotatable bonds is 4. The Morgan fingerprint density at radius 2 is 2.06 bits per heavy atom. The lowest BCUT2D eigenvalue weighted by molar-refractivity contribution is 0.111. The van der Waals surface area contributed by atoms with Crippen LogP contribution in [0, 0.1) is 0 Å². The van der Waals surface area contributed by atoms with Gasteiger partial charge in [-0.1, -0.05) is 35.3 Å². The van der Waals surface area contributed by atoms with Crippen LogP contribution in [0.15, 0.2) is 36.5 Å². The second-order valence-corrected chi connectivity index (χ2v) is 4.32. The zero-order chi connectivity index (χ0) is 13.0. The molecule has 92 valence electrons. The number of nitrogens with zero attached hydrogens (tertiary/aromatic N) is 1. The number of hydrogen-bond donors (Lipinski definition) is 0. The van der Waals surface area contributed by atoms with Crippen LogP contribution in [-0.2, 0) is 6.61 Å². The lowest BCUT2D eigenvalue weighted by atomic mass is 10.2. The molecule has 18 heavy (non-hydrogen) atoms. The Morgan fingerprint density at radius 1 is 1.22 bits per heavy atom. The zero-order valence-electron chi connectivity index (χ0n) is 9.27. The molecule has 1 aromatic heterocycles. The normalized spacial score (nSPS) is 10.1. The third-order valence-electron chi connectivity index (χ3n) is 2.31. The van der Waals surface area contributed by atoms with Crippen LogP contribution in [0.1, 0.15) is 16.1 Å². The van der Waals surface area contributed by atoms with Gasteiger partial charge in [0.15, 0.2) is 6.29 Å². The van der Waals surface area contributed by atoms with Gasteiger partial charge in [-0.05, 0) is 18.2 Å². The average molecular weight is 282 g/mol. The van der Waals surface area contributed by atoms with Crippen LogP contribution >= 0.6 is 23.2 Å². The van der Waals surface area contributed by atoms with Gasteiger partial charge in [0.2, 0.25) is 0 Å². The van der Waals surface area contributed by atoms with Gasteiger partial charge >= 0.3 is 0 Å². The summed E-state index contributed by atoms with van der Waals surface area (Å²) in [5.41, 5.74) is 1.16. The summed E-state index contributed by atoms with van der Waals surface area (Å²) in [7, 11) is 0. The number of benzene rings is 1. The Labute approximate surface area is 114 Å². The average Bonchev–Trinajstić information content (AvgIpc) is 2.41. The third kappa shape index (κ3) is 3.00. The van der Waals surface area contributed by atoms with Gasteiger partial charge in [0, 0.05) is 5.56 Å². The lowest BCUT2D eigenvalue weighted by Gasteiger charge is -2.08. The minimum absolute atomic E-state index is 0.293. The fourth-order valence-corrected chi connectivity index (χ4v) is 1.74. The number of aldehydes is 1. The molecule has 0 fully saturated rings. The molecule has 0 unspecified atom stereocenters. The van der Waals surface area contributed by atoms with Gasteiger partial charge in [-0.25, -0.2) is 4.98 Å². The molecule has 0 bridgehead atoms. The number of halogens is 2. The molecule has 0 saturated heterocycles. The van der Waals surface area contributed by atoms with E-state index in [1.807, 2.05) is 6.07 Å². The maximum absolute atomic E-state index is 10.4. The highest BCUT2D eigenvalue weighted by Gasteiger charge is 2.05. The van der Waals surface area contributed by atoms with Gasteiger partial charge < -0.3 is 4.74 Å². The Kier molecular flexibility index (Phi) is 4.18. The molecule has 0 aliphatic rings. The van der Waals surface area contributed by atoms with E-state index < -0.39 is 0 Å². The Balaban J connectivity index is 2.06. The number of hydrogen-bond acceptors (Lipinski definition) is 3. The first kappa shape index (κ1) is 12.9. The molecule has 3 nitrogen and oxygen atoms in total. The van der Waals surface area contributed by atoms with Gasteiger partial charge in [0.1, 0.15) is 18.1 Å². The van der Waals surface area contributed by atoms with E-state index in [0.29, 0.717) is 34.4 Å². The second kappa shape index (κ2) is 5.85. The van der Waals surface area contributed by atoms with E-state index in [2.05, 4.69) is 4.98 Å². The van der Waals surface area contributed by atoms with Gasteiger partial charge in [-0.2, -0.15) is 0 Å². The third-order valence-corrected chi connectivity index (χ3v) is 3.16. The van der Waals surface area contributed by atoms with Crippen molar-refractivity contribution in [1.29, 1.82) is 0 Å². The van der Waals surface area contributed by atoms with Crippen LogP contribution in [0.5, 0.6) is 5.75 Å². The Bertz CT molecular complexity index is 555. The van der Waals surface area contributed by atoms with Crippen molar-refractivity contribution < 1.29 is 9.53 Å². The molecule has 0 amide bonds. The minimum atomic E-state index is 0.293. The first-order valence-electron chi connectivity index (χ1n) is 5.17. The van der Waals surface area contributed by atoms with E-state index >= 15 is 0 Å². The molecule has 1 heterocycles. The van der Waals surface area contributed by atoms with Gasteiger partial charge in [-0.3, -0.25) is 4.79 Å². The van der Waals surface area contributed by atoms with Crippen molar-refractivity contribution in [1.82, 2.24) is 4.98 Å². The van der Waals surface area contributed by atoms with Gasteiger partial charge in [-0.15, -0.1) is 0 Å². The molecule has 0 saturated carbocycles. The predicted molar refractivity (Wildman–Crippen MR) is 70.4 cm³/mol. The summed E-state index contributed by atoms with van der Waals surface area (Å²) >= 11 is 11.9. The fourth-order valence-electron chi connectivity index (χ4n) is 1.37. The van der Waals surface area contributed by atoms with E-state index in [4.69, 9.17) is 27.9 Å². The van der Waals surface area contributed by atoms with E-state index in [9.17, 15) is 4.79 Å². The minimum Gasteiger partial charge on any atom is -0.487 e. The van der Waals surface area contributed by atoms with Gasteiger partial charge in [0.25, 0.3) is 0 Å². The maximum Gasteiger partial charge on any atom is 0.168 e. The summed E-state index contributed by atoms with van der Waals surface area (Å²) in [4.78, 5) is 14.3. The number of aromatic nitrogens is 1. The van der Waals surface area contributed by atoms with Crippen LogP contribution in [0.2, 0.25) is 10.0 Å². The first-order chi connectivity index (χ1) is 8.70. The summed E-state index contributed by atoms with van der Waals surface area (Å²) in [5, 5.41) is 0.976. The predicted octanol–water partition coefficient (Wildman–Crippen LogP) is 3.78. The van der Waals surface area contributed by atoms with Crippen molar-refractivity contribution in [3.63, 3.8) is 0 Å². The summed E-state index contributed by atoms with van der Waals surface area (Å²) < 4.78 is 5.51. The highest BCUT2D eigenvalue weighted by atomic mass is 35.5. The standard InChI is InChI=1S/C13H9Cl2NO2/c14-12-3-1-2-9(13(12)15)8-18-11-5-4-10(7-17)16-6-11/h1-7H,8H2. The SMILES string of the molecule is O=Cc1ccc(OCc2cccc(Cl)c2Cl)cn1. The molecular weight excluding hydrogens is 273 g/mol. The van der Waals surface area contributed by atoms with E-state index in [1.165, 1.54) is 6.20 Å². The summed E-state index contributed by atoms with van der Waals surface area (Å²) in [6.07, 6.45) is 2.17. The van der Waals surface area contributed by atoms with E-state index in [1.54, 1.807) is 24.3 Å². The molecule has 0 spiro atoms. The molecule has 2 rings (SSSR count). The first-order valence-corrected chi connectivity index (χ1v) is 5.93. The van der Waals surface area contributed by atoms with E-state index in [-0.39, 0.29) is 0 Å². The zero-order valence-corrected chi connectivity index (χ0v) is 10.8. The molecule has 0 atom stereocenters. The largest absolute Gasteiger partial charge is 0.487 e. The monoisotopic (exact) mass is 281 g/mol. The lowest BCUT2D eigenvalue weighted by Crippen LogP contribution is -1.97. The van der Waals surface area contributed by atoms with Crippen molar-refractivity contribution in [2.45, 2.75) is 6.61 Å².